The SMILES string of the molecule is O=C(OCCCN1C(=O)c2cccc3c(N4CCOCC4)ccc(c23)C1=O)c1cc([N+](=O)[O-])cc([N+](=O)[O-])c1. The Morgan fingerprint density at radius 1 is 0.923 bits per heavy atom. The zero-order valence-electron chi connectivity index (χ0n) is 20.5. The molecule has 0 atom stereocenters. The van der Waals surface area contributed by atoms with Gasteiger partial charge in [-0.05, 0) is 24.6 Å². The number of imide groups is 1. The molecule has 0 aromatic heterocycles. The van der Waals surface area contributed by atoms with Gasteiger partial charge in [-0.2, -0.15) is 0 Å². The Bertz CT molecular complexity index is 1480. The van der Waals surface area contributed by atoms with E-state index in [1.54, 1.807) is 18.2 Å². The molecule has 0 spiro atoms. The molecule has 13 nitrogen and oxygen atoms in total. The Kier molecular flexibility index (Phi) is 6.90. The van der Waals surface area contributed by atoms with Crippen molar-refractivity contribution in [1.82, 2.24) is 4.90 Å². The fourth-order valence-electron chi connectivity index (χ4n) is 4.81. The number of anilines is 1. The first-order valence-electron chi connectivity index (χ1n) is 12.1. The normalized spacial score (nSPS) is 15.0. The minimum atomic E-state index is -0.996. The number of nitro benzene ring substituents is 2. The molecule has 2 aliphatic rings. The Hall–Kier alpha value is -4.91. The number of hydrogen-bond acceptors (Lipinski definition) is 10. The number of carbonyl (C=O) groups is 3. The standard InChI is InChI=1S/C26H22N4O9/c31-24-20-4-1-3-19-22(27-8-11-38-12-9-27)6-5-21(23(19)20)25(32)28(24)7-2-10-39-26(33)16-13-17(29(34)35)15-18(14-16)30(36)37/h1,3-6,13-15H,2,7-12H2. The Morgan fingerprint density at radius 3 is 2.21 bits per heavy atom. The van der Waals surface area contributed by atoms with E-state index in [2.05, 4.69) is 4.90 Å². The summed E-state index contributed by atoms with van der Waals surface area (Å²) in [6, 6.07) is 11.4. The fourth-order valence-corrected chi connectivity index (χ4v) is 4.81. The number of esters is 1. The summed E-state index contributed by atoms with van der Waals surface area (Å²) in [4.78, 5) is 62.7. The highest BCUT2D eigenvalue weighted by Gasteiger charge is 2.33. The maximum absolute atomic E-state index is 13.3. The first-order chi connectivity index (χ1) is 18.8. The van der Waals surface area contributed by atoms with Crippen molar-refractivity contribution >= 4 is 45.6 Å². The van der Waals surface area contributed by atoms with Crippen LogP contribution in [0.15, 0.2) is 48.5 Å². The van der Waals surface area contributed by atoms with Crippen molar-refractivity contribution in [3.05, 3.63) is 85.4 Å². The summed E-state index contributed by atoms with van der Waals surface area (Å²) in [5.74, 6) is -1.92. The lowest BCUT2D eigenvalue weighted by atomic mass is 9.92. The van der Waals surface area contributed by atoms with Gasteiger partial charge in [-0.3, -0.25) is 34.7 Å². The summed E-state index contributed by atoms with van der Waals surface area (Å²) in [6.07, 6.45) is 0.0947. The van der Waals surface area contributed by atoms with Crippen LogP contribution in [0.2, 0.25) is 0 Å². The number of rotatable bonds is 8. The molecule has 1 saturated heterocycles. The number of ether oxygens (including phenoxy) is 2. The highest BCUT2D eigenvalue weighted by Crippen LogP contribution is 2.36. The number of nitrogens with zero attached hydrogens (tertiary/aromatic N) is 4. The first kappa shape index (κ1) is 25.7. The predicted molar refractivity (Wildman–Crippen MR) is 137 cm³/mol. The maximum atomic E-state index is 13.3. The second-order valence-electron chi connectivity index (χ2n) is 8.96. The zero-order valence-corrected chi connectivity index (χ0v) is 20.5. The second-order valence-corrected chi connectivity index (χ2v) is 8.96. The van der Waals surface area contributed by atoms with Crippen molar-refractivity contribution in [3.63, 3.8) is 0 Å². The van der Waals surface area contributed by atoms with Gasteiger partial charge in [-0.25, -0.2) is 4.79 Å². The highest BCUT2D eigenvalue weighted by atomic mass is 16.6. The summed E-state index contributed by atoms with van der Waals surface area (Å²) in [5, 5.41) is 23.5. The maximum Gasteiger partial charge on any atom is 0.338 e. The molecule has 1 fully saturated rings. The van der Waals surface area contributed by atoms with Crippen LogP contribution in [0.25, 0.3) is 10.8 Å². The Morgan fingerprint density at radius 2 is 1.56 bits per heavy atom. The van der Waals surface area contributed by atoms with Crippen molar-refractivity contribution in [2.75, 3.05) is 44.4 Å². The molecule has 0 N–H and O–H groups in total. The summed E-state index contributed by atoms with van der Waals surface area (Å²) in [6.45, 7) is 2.33. The number of hydrogen-bond donors (Lipinski definition) is 0. The average molecular weight is 534 g/mol. The lowest BCUT2D eigenvalue weighted by Crippen LogP contribution is -2.41. The van der Waals surface area contributed by atoms with Crippen LogP contribution >= 0.6 is 0 Å². The van der Waals surface area contributed by atoms with E-state index in [9.17, 15) is 34.6 Å². The van der Waals surface area contributed by atoms with Gasteiger partial charge in [0.2, 0.25) is 0 Å². The molecule has 2 heterocycles. The van der Waals surface area contributed by atoms with Gasteiger partial charge in [0.15, 0.2) is 0 Å². The quantitative estimate of drug-likeness (QED) is 0.138. The van der Waals surface area contributed by atoms with Gasteiger partial charge < -0.3 is 14.4 Å². The van der Waals surface area contributed by atoms with Crippen LogP contribution in [-0.2, 0) is 9.47 Å². The van der Waals surface area contributed by atoms with E-state index in [4.69, 9.17) is 9.47 Å². The first-order valence-corrected chi connectivity index (χ1v) is 12.1. The van der Waals surface area contributed by atoms with Gasteiger partial charge in [0.25, 0.3) is 23.2 Å². The van der Waals surface area contributed by atoms with E-state index >= 15 is 0 Å². The minimum absolute atomic E-state index is 0.0406. The minimum Gasteiger partial charge on any atom is -0.462 e. The van der Waals surface area contributed by atoms with Gasteiger partial charge >= 0.3 is 5.97 Å². The van der Waals surface area contributed by atoms with Crippen LogP contribution < -0.4 is 4.90 Å². The third-order valence-electron chi connectivity index (χ3n) is 6.64. The van der Waals surface area contributed by atoms with Gasteiger partial charge in [0.05, 0.1) is 41.3 Å². The number of morpholine rings is 1. The van der Waals surface area contributed by atoms with E-state index < -0.39 is 39.0 Å². The second kappa shape index (κ2) is 10.5. The molecule has 3 aromatic rings. The number of carbonyl (C=O) groups excluding carboxylic acids is 3. The highest BCUT2D eigenvalue weighted by molar-refractivity contribution is 6.26. The molecule has 2 aliphatic heterocycles. The Balaban J connectivity index is 1.29. The molecule has 0 unspecified atom stereocenters. The van der Waals surface area contributed by atoms with Crippen molar-refractivity contribution in [2.45, 2.75) is 6.42 Å². The van der Waals surface area contributed by atoms with Crippen molar-refractivity contribution in [1.29, 1.82) is 0 Å². The average Bonchev–Trinajstić information content (AvgIpc) is 2.95. The molecule has 39 heavy (non-hydrogen) atoms. The van der Waals surface area contributed by atoms with E-state index in [1.807, 2.05) is 12.1 Å². The summed E-state index contributed by atoms with van der Waals surface area (Å²) in [5.41, 5.74) is 0.144. The van der Waals surface area contributed by atoms with Crippen LogP contribution in [0.5, 0.6) is 0 Å². The molecule has 200 valence electrons. The molecule has 0 aliphatic carbocycles. The number of amides is 2. The molecule has 5 rings (SSSR count). The predicted octanol–water partition coefficient (Wildman–Crippen LogP) is 3.34. The van der Waals surface area contributed by atoms with Gasteiger partial charge in [-0.15, -0.1) is 0 Å². The van der Waals surface area contributed by atoms with Crippen LogP contribution in [0.4, 0.5) is 17.1 Å². The number of benzene rings is 3. The molecule has 0 saturated carbocycles. The van der Waals surface area contributed by atoms with E-state index in [0.717, 1.165) is 34.2 Å². The summed E-state index contributed by atoms with van der Waals surface area (Å²) >= 11 is 0. The third kappa shape index (κ3) is 4.86. The lowest BCUT2D eigenvalue weighted by molar-refractivity contribution is -0.394. The van der Waals surface area contributed by atoms with Crippen LogP contribution in [0.3, 0.4) is 0 Å². The molecular formula is C26H22N4O9. The Labute approximate surface area is 220 Å². The fraction of sp³-hybridized carbons (Fsp3) is 0.269. The largest absolute Gasteiger partial charge is 0.462 e. The third-order valence-corrected chi connectivity index (χ3v) is 6.64. The smallest absolute Gasteiger partial charge is 0.338 e. The summed E-state index contributed by atoms with van der Waals surface area (Å²) in [7, 11) is 0. The molecule has 2 amide bonds. The monoisotopic (exact) mass is 534 g/mol. The van der Waals surface area contributed by atoms with Crippen LogP contribution in [0.1, 0.15) is 37.5 Å². The molecule has 0 radical (unpaired) electrons. The van der Waals surface area contributed by atoms with Gasteiger partial charge in [0.1, 0.15) is 0 Å². The van der Waals surface area contributed by atoms with Crippen LogP contribution in [0, 0.1) is 20.2 Å². The zero-order chi connectivity index (χ0) is 27.7. The topological polar surface area (TPSA) is 162 Å². The van der Waals surface area contributed by atoms with E-state index in [0.29, 0.717) is 42.8 Å². The van der Waals surface area contributed by atoms with Crippen LogP contribution in [-0.4, -0.2) is 72.0 Å². The number of non-ortho nitro benzene ring substituents is 2. The van der Waals surface area contributed by atoms with Crippen molar-refractivity contribution < 1.29 is 33.7 Å². The molecule has 3 aromatic carbocycles. The van der Waals surface area contributed by atoms with Crippen molar-refractivity contribution in [3.8, 4) is 0 Å². The van der Waals surface area contributed by atoms with Gasteiger partial charge in [-0.1, -0.05) is 12.1 Å². The number of nitro groups is 2. The molecule has 0 bridgehead atoms. The summed E-state index contributed by atoms with van der Waals surface area (Å²) < 4.78 is 10.6. The van der Waals surface area contributed by atoms with E-state index in [-0.39, 0.29) is 25.1 Å². The molecular weight excluding hydrogens is 512 g/mol. The molecule has 13 heteroatoms. The van der Waals surface area contributed by atoms with E-state index in [1.165, 1.54) is 0 Å². The lowest BCUT2D eigenvalue weighted by Gasteiger charge is -2.32. The van der Waals surface area contributed by atoms with Crippen molar-refractivity contribution in [2.24, 2.45) is 0 Å². The van der Waals surface area contributed by atoms with Gasteiger partial charge in [0, 0.05) is 59.4 Å².